The second-order valence-electron chi connectivity index (χ2n) is 5.20. The van der Waals surface area contributed by atoms with Gasteiger partial charge in [0.25, 0.3) is 0 Å². The van der Waals surface area contributed by atoms with Gasteiger partial charge in [-0.05, 0) is 58.8 Å². The van der Waals surface area contributed by atoms with Gasteiger partial charge in [-0.15, -0.1) is 0 Å². The van der Waals surface area contributed by atoms with Crippen molar-refractivity contribution < 1.29 is 4.74 Å². The highest BCUT2D eigenvalue weighted by molar-refractivity contribution is 9.10. The van der Waals surface area contributed by atoms with Gasteiger partial charge in [0.1, 0.15) is 0 Å². The van der Waals surface area contributed by atoms with Crippen LogP contribution in [0.2, 0.25) is 5.02 Å². The molecule has 1 aliphatic heterocycles. The Morgan fingerprint density at radius 1 is 1.33 bits per heavy atom. The molecule has 0 radical (unpaired) electrons. The lowest BCUT2D eigenvalue weighted by Gasteiger charge is -2.19. The Kier molecular flexibility index (Phi) is 3.94. The summed E-state index contributed by atoms with van der Waals surface area (Å²) in [6.07, 6.45) is 4.25. The highest BCUT2D eigenvalue weighted by Gasteiger charge is 2.40. The zero-order chi connectivity index (χ0) is 12.5. The van der Waals surface area contributed by atoms with Crippen LogP contribution in [0, 0.1) is 5.92 Å². The molecule has 1 aromatic rings. The van der Waals surface area contributed by atoms with Gasteiger partial charge in [0, 0.05) is 23.7 Å². The lowest BCUT2D eigenvalue weighted by Crippen LogP contribution is -2.37. The van der Waals surface area contributed by atoms with Gasteiger partial charge in [0.15, 0.2) is 0 Å². The Bertz CT molecular complexity index is 436. The zero-order valence-electron chi connectivity index (χ0n) is 10.2. The third-order valence-corrected chi connectivity index (χ3v) is 5.01. The van der Waals surface area contributed by atoms with Gasteiger partial charge >= 0.3 is 0 Å². The smallest absolute Gasteiger partial charge is 0.0757 e. The first-order valence-electron chi connectivity index (χ1n) is 6.53. The number of hydrogen-bond donors (Lipinski definition) is 1. The van der Waals surface area contributed by atoms with Crippen LogP contribution in [0.4, 0.5) is 0 Å². The predicted molar refractivity (Wildman–Crippen MR) is 76.9 cm³/mol. The Balaban J connectivity index is 1.58. The van der Waals surface area contributed by atoms with Crippen molar-refractivity contribution in [1.29, 1.82) is 0 Å². The predicted octanol–water partition coefficient (Wildman–Crippen LogP) is 3.76. The van der Waals surface area contributed by atoms with Crippen molar-refractivity contribution >= 4 is 27.5 Å². The van der Waals surface area contributed by atoms with E-state index in [1.807, 2.05) is 12.1 Å². The Morgan fingerprint density at radius 2 is 2.17 bits per heavy atom. The van der Waals surface area contributed by atoms with Gasteiger partial charge in [-0.25, -0.2) is 0 Å². The van der Waals surface area contributed by atoms with Gasteiger partial charge in [-0.2, -0.15) is 0 Å². The van der Waals surface area contributed by atoms with Crippen molar-refractivity contribution in [3.8, 4) is 0 Å². The number of halogens is 2. The molecule has 1 heterocycles. The molecular weight excluding hydrogens is 314 g/mol. The van der Waals surface area contributed by atoms with E-state index >= 15 is 0 Å². The molecule has 1 aromatic carbocycles. The molecule has 1 saturated heterocycles. The largest absolute Gasteiger partial charge is 0.376 e. The molecule has 1 N–H and O–H groups in total. The van der Waals surface area contributed by atoms with Gasteiger partial charge in [-0.1, -0.05) is 17.7 Å². The molecule has 0 aromatic heterocycles. The summed E-state index contributed by atoms with van der Waals surface area (Å²) < 4.78 is 6.78. The molecule has 1 aliphatic carbocycles. The molecule has 4 heteroatoms. The van der Waals surface area contributed by atoms with Crippen molar-refractivity contribution in [3.63, 3.8) is 0 Å². The molecule has 2 atom stereocenters. The summed E-state index contributed by atoms with van der Waals surface area (Å²) in [6.45, 7) is 1.77. The molecular formula is C14H17BrClNO. The van der Waals surface area contributed by atoms with Crippen molar-refractivity contribution in [1.82, 2.24) is 5.32 Å². The number of hydrogen-bond acceptors (Lipinski definition) is 2. The van der Waals surface area contributed by atoms with E-state index < -0.39 is 0 Å². The molecule has 2 unspecified atom stereocenters. The molecule has 3 rings (SSSR count). The quantitative estimate of drug-likeness (QED) is 0.907. The third-order valence-electron chi connectivity index (χ3n) is 3.77. The summed E-state index contributed by atoms with van der Waals surface area (Å²) in [4.78, 5) is 0. The highest BCUT2D eigenvalue weighted by atomic mass is 79.9. The van der Waals surface area contributed by atoms with Crippen molar-refractivity contribution in [3.05, 3.63) is 33.3 Å². The summed E-state index contributed by atoms with van der Waals surface area (Å²) in [5, 5.41) is 4.39. The lowest BCUT2D eigenvalue weighted by atomic mass is 10.1. The van der Waals surface area contributed by atoms with Crippen LogP contribution >= 0.6 is 27.5 Å². The van der Waals surface area contributed by atoms with E-state index in [4.69, 9.17) is 16.3 Å². The SMILES string of the molecule is Clc1cc(CNC2CCOC2C2CC2)ccc1Br. The van der Waals surface area contributed by atoms with E-state index in [1.54, 1.807) is 0 Å². The normalized spacial score (nSPS) is 27.7. The van der Waals surface area contributed by atoms with E-state index in [2.05, 4.69) is 27.3 Å². The van der Waals surface area contributed by atoms with Gasteiger partial charge in [0.05, 0.1) is 11.1 Å². The topological polar surface area (TPSA) is 21.3 Å². The Hall–Kier alpha value is -0.0900. The molecule has 1 saturated carbocycles. The third kappa shape index (κ3) is 2.90. The maximum Gasteiger partial charge on any atom is 0.0757 e. The van der Waals surface area contributed by atoms with Crippen LogP contribution in [-0.2, 0) is 11.3 Å². The minimum absolute atomic E-state index is 0.441. The summed E-state index contributed by atoms with van der Waals surface area (Å²) in [5.41, 5.74) is 1.23. The monoisotopic (exact) mass is 329 g/mol. The second-order valence-corrected chi connectivity index (χ2v) is 6.46. The first-order valence-corrected chi connectivity index (χ1v) is 7.70. The number of ether oxygens (including phenoxy) is 1. The maximum absolute atomic E-state index is 6.10. The highest BCUT2D eigenvalue weighted by Crippen LogP contribution is 2.38. The number of rotatable bonds is 4. The van der Waals surface area contributed by atoms with E-state index in [1.165, 1.54) is 18.4 Å². The first kappa shape index (κ1) is 12.9. The first-order chi connectivity index (χ1) is 8.74. The van der Waals surface area contributed by atoms with Crippen LogP contribution in [0.5, 0.6) is 0 Å². The number of benzene rings is 1. The zero-order valence-corrected chi connectivity index (χ0v) is 12.5. The average Bonchev–Trinajstić information content (AvgIpc) is 3.10. The van der Waals surface area contributed by atoms with Crippen molar-refractivity contribution in [2.75, 3.05) is 6.61 Å². The van der Waals surface area contributed by atoms with Crippen LogP contribution in [0.15, 0.2) is 22.7 Å². The van der Waals surface area contributed by atoms with Crippen molar-refractivity contribution in [2.45, 2.75) is 38.0 Å². The van der Waals surface area contributed by atoms with E-state index in [0.717, 1.165) is 35.0 Å². The van der Waals surface area contributed by atoms with E-state index in [0.29, 0.717) is 12.1 Å². The second kappa shape index (κ2) is 5.49. The molecule has 2 aliphatic rings. The average molecular weight is 331 g/mol. The Labute approximate surface area is 121 Å². The van der Waals surface area contributed by atoms with Crippen LogP contribution in [0.1, 0.15) is 24.8 Å². The standard InChI is InChI=1S/C14H17BrClNO/c15-11-4-1-9(7-12(11)16)8-17-13-5-6-18-14(13)10-2-3-10/h1,4,7,10,13-14,17H,2-3,5-6,8H2. The molecule has 0 amide bonds. The molecule has 0 bridgehead atoms. The van der Waals surface area contributed by atoms with Crippen LogP contribution < -0.4 is 5.32 Å². The fourth-order valence-electron chi connectivity index (χ4n) is 2.62. The maximum atomic E-state index is 6.10. The Morgan fingerprint density at radius 3 is 2.89 bits per heavy atom. The van der Waals surface area contributed by atoms with Gasteiger partial charge in [-0.3, -0.25) is 0 Å². The van der Waals surface area contributed by atoms with Crippen molar-refractivity contribution in [2.24, 2.45) is 5.92 Å². The van der Waals surface area contributed by atoms with E-state index in [-0.39, 0.29) is 0 Å². The minimum Gasteiger partial charge on any atom is -0.376 e. The molecule has 2 fully saturated rings. The van der Waals surface area contributed by atoms with Crippen LogP contribution in [-0.4, -0.2) is 18.8 Å². The lowest BCUT2D eigenvalue weighted by molar-refractivity contribution is 0.0809. The summed E-state index contributed by atoms with van der Waals surface area (Å²) in [6, 6.07) is 6.63. The van der Waals surface area contributed by atoms with Crippen LogP contribution in [0.25, 0.3) is 0 Å². The molecule has 98 valence electrons. The molecule has 2 nitrogen and oxygen atoms in total. The van der Waals surface area contributed by atoms with E-state index in [9.17, 15) is 0 Å². The fraction of sp³-hybridized carbons (Fsp3) is 0.571. The van der Waals surface area contributed by atoms with Gasteiger partial charge < -0.3 is 10.1 Å². The minimum atomic E-state index is 0.441. The van der Waals surface area contributed by atoms with Gasteiger partial charge in [0.2, 0.25) is 0 Å². The molecule has 18 heavy (non-hydrogen) atoms. The summed E-state index contributed by atoms with van der Waals surface area (Å²) in [5.74, 6) is 0.804. The summed E-state index contributed by atoms with van der Waals surface area (Å²) in [7, 11) is 0. The fourth-order valence-corrected chi connectivity index (χ4v) is 3.07. The van der Waals surface area contributed by atoms with Crippen LogP contribution in [0.3, 0.4) is 0 Å². The summed E-state index contributed by atoms with van der Waals surface area (Å²) >= 11 is 9.51. The molecule has 0 spiro atoms. The number of nitrogens with one attached hydrogen (secondary N) is 1.